The SMILES string of the molecule is CCC(CC)CCC/C=C/COC(=O)CCCCCCCC(CCCCCCCC(=O)OC/C=C/CCCC(CC)CC)OC(=O)CCCOC. The minimum atomic E-state index is -0.137. The highest BCUT2D eigenvalue weighted by Crippen LogP contribution is 2.19. The summed E-state index contributed by atoms with van der Waals surface area (Å²) in [5.74, 6) is 1.31. The fourth-order valence-electron chi connectivity index (χ4n) is 6.45. The Bertz CT molecular complexity index is 802. The summed E-state index contributed by atoms with van der Waals surface area (Å²) < 4.78 is 21.7. The molecule has 7 heteroatoms. The third kappa shape index (κ3) is 33.4. The van der Waals surface area contributed by atoms with E-state index in [2.05, 4.69) is 39.8 Å². The zero-order valence-electron chi connectivity index (χ0n) is 33.9. The Hall–Kier alpha value is -2.15. The van der Waals surface area contributed by atoms with Gasteiger partial charge in [-0.25, -0.2) is 0 Å². The van der Waals surface area contributed by atoms with Crippen LogP contribution in [-0.2, 0) is 33.3 Å². The van der Waals surface area contributed by atoms with Crippen LogP contribution < -0.4 is 0 Å². The summed E-state index contributed by atoms with van der Waals surface area (Å²) in [4.78, 5) is 36.5. The predicted molar refractivity (Wildman–Crippen MR) is 212 cm³/mol. The number of ether oxygens (including phenoxy) is 4. The van der Waals surface area contributed by atoms with Gasteiger partial charge in [0.2, 0.25) is 0 Å². The summed E-state index contributed by atoms with van der Waals surface area (Å²) in [5.41, 5.74) is 0. The molecule has 0 radical (unpaired) electrons. The van der Waals surface area contributed by atoms with Crippen molar-refractivity contribution in [1.82, 2.24) is 0 Å². The van der Waals surface area contributed by atoms with Gasteiger partial charge < -0.3 is 18.9 Å². The van der Waals surface area contributed by atoms with Crippen molar-refractivity contribution in [3.05, 3.63) is 24.3 Å². The Morgan fingerprint density at radius 2 is 0.882 bits per heavy atom. The van der Waals surface area contributed by atoms with Gasteiger partial charge in [0.05, 0.1) is 0 Å². The van der Waals surface area contributed by atoms with Gasteiger partial charge in [-0.05, 0) is 82.5 Å². The van der Waals surface area contributed by atoms with Crippen LogP contribution in [-0.4, -0.2) is 50.9 Å². The lowest BCUT2D eigenvalue weighted by atomic mass is 9.97. The highest BCUT2D eigenvalue weighted by Gasteiger charge is 2.14. The lowest BCUT2D eigenvalue weighted by Crippen LogP contribution is -2.18. The van der Waals surface area contributed by atoms with Crippen molar-refractivity contribution in [3.63, 3.8) is 0 Å². The number of hydrogen-bond donors (Lipinski definition) is 0. The van der Waals surface area contributed by atoms with Crippen molar-refractivity contribution in [2.45, 2.75) is 201 Å². The quantitative estimate of drug-likeness (QED) is 0.0273. The van der Waals surface area contributed by atoms with Gasteiger partial charge in [-0.1, -0.05) is 129 Å². The maximum Gasteiger partial charge on any atom is 0.306 e. The van der Waals surface area contributed by atoms with E-state index in [1.54, 1.807) is 7.11 Å². The fraction of sp³-hybridized carbons (Fsp3) is 0.841. The van der Waals surface area contributed by atoms with Gasteiger partial charge in [0.15, 0.2) is 0 Å². The van der Waals surface area contributed by atoms with Crippen LogP contribution in [0.5, 0.6) is 0 Å². The van der Waals surface area contributed by atoms with Gasteiger partial charge in [0, 0.05) is 33.0 Å². The first-order chi connectivity index (χ1) is 24.9. The van der Waals surface area contributed by atoms with Gasteiger partial charge in [-0.2, -0.15) is 0 Å². The molecule has 0 amide bonds. The molecule has 0 fully saturated rings. The molecule has 298 valence electrons. The van der Waals surface area contributed by atoms with Crippen LogP contribution in [0, 0.1) is 11.8 Å². The number of esters is 3. The lowest BCUT2D eigenvalue weighted by molar-refractivity contribution is -0.150. The molecule has 0 N–H and O–H groups in total. The molecule has 0 unspecified atom stereocenters. The molecule has 0 aliphatic rings. The van der Waals surface area contributed by atoms with Gasteiger partial charge in [-0.15, -0.1) is 0 Å². The van der Waals surface area contributed by atoms with Crippen LogP contribution >= 0.6 is 0 Å². The maximum atomic E-state index is 12.4. The number of unbranched alkanes of at least 4 members (excludes halogenated alkanes) is 10. The third-order valence-corrected chi connectivity index (χ3v) is 10.1. The van der Waals surface area contributed by atoms with E-state index in [4.69, 9.17) is 18.9 Å². The number of methoxy groups -OCH3 is 1. The van der Waals surface area contributed by atoms with E-state index < -0.39 is 0 Å². The van der Waals surface area contributed by atoms with Gasteiger partial charge in [-0.3, -0.25) is 14.4 Å². The molecular weight excluding hydrogens is 640 g/mol. The van der Waals surface area contributed by atoms with Crippen molar-refractivity contribution < 1.29 is 33.3 Å². The van der Waals surface area contributed by atoms with Crippen molar-refractivity contribution >= 4 is 17.9 Å². The van der Waals surface area contributed by atoms with Crippen LogP contribution in [0.2, 0.25) is 0 Å². The molecule has 0 aliphatic carbocycles. The van der Waals surface area contributed by atoms with Crippen molar-refractivity contribution in [2.75, 3.05) is 26.9 Å². The number of hydrogen-bond acceptors (Lipinski definition) is 7. The Kier molecular flexibility index (Phi) is 36.0. The molecule has 0 saturated heterocycles. The Morgan fingerprint density at radius 3 is 1.31 bits per heavy atom. The second-order valence-electron chi connectivity index (χ2n) is 14.4. The molecule has 51 heavy (non-hydrogen) atoms. The topological polar surface area (TPSA) is 88.1 Å². The van der Waals surface area contributed by atoms with Gasteiger partial charge in [0.25, 0.3) is 0 Å². The lowest BCUT2D eigenvalue weighted by Gasteiger charge is -2.18. The molecule has 0 aromatic heterocycles. The second-order valence-corrected chi connectivity index (χ2v) is 14.4. The Morgan fingerprint density at radius 1 is 0.471 bits per heavy atom. The average molecular weight is 721 g/mol. The molecule has 0 heterocycles. The summed E-state index contributed by atoms with van der Waals surface area (Å²) in [6.45, 7) is 10.4. The fourth-order valence-corrected chi connectivity index (χ4v) is 6.45. The predicted octanol–water partition coefficient (Wildman–Crippen LogP) is 12.2. The number of carbonyl (C=O) groups excluding carboxylic acids is 3. The molecule has 0 atom stereocenters. The van der Waals surface area contributed by atoms with E-state index >= 15 is 0 Å². The number of allylic oxidation sites excluding steroid dienone is 2. The smallest absolute Gasteiger partial charge is 0.306 e. The van der Waals surface area contributed by atoms with E-state index in [0.717, 1.165) is 102 Å². The first kappa shape index (κ1) is 48.9. The van der Waals surface area contributed by atoms with Gasteiger partial charge >= 0.3 is 17.9 Å². The number of carbonyl (C=O) groups is 3. The Labute approximate surface area is 314 Å². The highest BCUT2D eigenvalue weighted by molar-refractivity contribution is 5.70. The maximum absolute atomic E-state index is 12.4. The molecule has 0 spiro atoms. The van der Waals surface area contributed by atoms with Gasteiger partial charge in [0.1, 0.15) is 19.3 Å². The minimum absolute atomic E-state index is 0.0504. The minimum Gasteiger partial charge on any atom is -0.462 e. The van der Waals surface area contributed by atoms with Crippen LogP contribution in [0.3, 0.4) is 0 Å². The van der Waals surface area contributed by atoms with E-state index in [1.807, 2.05) is 12.2 Å². The normalized spacial score (nSPS) is 11.8. The zero-order valence-corrected chi connectivity index (χ0v) is 33.9. The van der Waals surface area contributed by atoms with Crippen molar-refractivity contribution in [2.24, 2.45) is 11.8 Å². The van der Waals surface area contributed by atoms with Crippen LogP contribution in [0.1, 0.15) is 195 Å². The van der Waals surface area contributed by atoms with E-state index in [1.165, 1.54) is 51.4 Å². The zero-order chi connectivity index (χ0) is 37.6. The largest absolute Gasteiger partial charge is 0.462 e. The molecule has 0 aromatic carbocycles. The summed E-state index contributed by atoms with van der Waals surface area (Å²) in [5, 5.41) is 0. The van der Waals surface area contributed by atoms with E-state index in [-0.39, 0.29) is 24.0 Å². The monoisotopic (exact) mass is 721 g/mol. The molecule has 0 bridgehead atoms. The molecule has 0 aromatic rings. The standard InChI is InChI=1S/C44H80O7/c1-6-39(7-2)29-20-16-18-26-37-49-42(45)33-24-14-10-12-22-31-41(51-44(47)35-28-36-48-5)32-23-13-11-15-25-34-43(46)50-38-27-19-17-21-30-40(8-3)9-4/h18-19,26-27,39-41H,6-17,20-25,28-38H2,1-5H3/b26-18+,27-19+. The van der Waals surface area contributed by atoms with Crippen LogP contribution in [0.4, 0.5) is 0 Å². The summed E-state index contributed by atoms with van der Waals surface area (Å²) in [6.07, 6.45) is 34.0. The van der Waals surface area contributed by atoms with Crippen molar-refractivity contribution in [3.8, 4) is 0 Å². The molecular formula is C44H80O7. The highest BCUT2D eigenvalue weighted by atomic mass is 16.5. The first-order valence-corrected chi connectivity index (χ1v) is 21.2. The molecule has 7 nitrogen and oxygen atoms in total. The van der Waals surface area contributed by atoms with Crippen molar-refractivity contribution in [1.29, 1.82) is 0 Å². The number of rotatable bonds is 37. The van der Waals surface area contributed by atoms with Crippen LogP contribution in [0.25, 0.3) is 0 Å². The van der Waals surface area contributed by atoms with E-state index in [9.17, 15) is 14.4 Å². The second kappa shape index (κ2) is 37.6. The Balaban J connectivity index is 4.08. The van der Waals surface area contributed by atoms with E-state index in [0.29, 0.717) is 45.5 Å². The average Bonchev–Trinajstić information content (AvgIpc) is 3.13. The molecule has 0 saturated carbocycles. The third-order valence-electron chi connectivity index (χ3n) is 10.1. The molecule has 0 rings (SSSR count). The summed E-state index contributed by atoms with van der Waals surface area (Å²) >= 11 is 0. The summed E-state index contributed by atoms with van der Waals surface area (Å²) in [6, 6.07) is 0. The summed E-state index contributed by atoms with van der Waals surface area (Å²) in [7, 11) is 1.64. The van der Waals surface area contributed by atoms with Crippen LogP contribution in [0.15, 0.2) is 24.3 Å². The first-order valence-electron chi connectivity index (χ1n) is 21.2. The molecule has 0 aliphatic heterocycles.